The Hall–Kier alpha value is -2.43. The van der Waals surface area contributed by atoms with Gasteiger partial charge in [-0.3, -0.25) is 0 Å². The van der Waals surface area contributed by atoms with E-state index >= 15 is 0 Å². The van der Waals surface area contributed by atoms with Crippen LogP contribution in [0.5, 0.6) is 11.5 Å². The summed E-state index contributed by atoms with van der Waals surface area (Å²) < 4.78 is 12.9. The second-order valence-electron chi connectivity index (χ2n) is 10.4. The SMILES string of the molecule is COc1cc(/C=C/SC2CCCCC2)cc(O[Si](c2ccccc2)(c2ccccc2)C(C)(C)C)c1. The van der Waals surface area contributed by atoms with Gasteiger partial charge in [-0.05, 0) is 57.4 Å². The molecule has 184 valence electrons. The molecule has 0 heterocycles. The lowest BCUT2D eigenvalue weighted by molar-refractivity contribution is 0.411. The van der Waals surface area contributed by atoms with Gasteiger partial charge < -0.3 is 9.16 Å². The summed E-state index contributed by atoms with van der Waals surface area (Å²) >= 11 is 1.97. The third-order valence-corrected chi connectivity index (χ3v) is 13.0. The van der Waals surface area contributed by atoms with Gasteiger partial charge in [0.05, 0.1) is 7.11 Å². The molecule has 3 aromatic carbocycles. The molecule has 4 heteroatoms. The molecule has 0 amide bonds. The fraction of sp³-hybridized carbons (Fsp3) is 0.355. The van der Waals surface area contributed by atoms with Crippen molar-refractivity contribution in [2.45, 2.75) is 63.2 Å². The molecule has 1 aliphatic carbocycles. The van der Waals surface area contributed by atoms with Gasteiger partial charge in [0.2, 0.25) is 0 Å². The zero-order valence-corrected chi connectivity index (χ0v) is 23.3. The highest BCUT2D eigenvalue weighted by Gasteiger charge is 2.52. The van der Waals surface area contributed by atoms with Gasteiger partial charge in [0.1, 0.15) is 11.5 Å². The minimum absolute atomic E-state index is 0.0916. The Labute approximate surface area is 216 Å². The molecule has 0 aromatic heterocycles. The van der Waals surface area contributed by atoms with Gasteiger partial charge in [-0.2, -0.15) is 0 Å². The molecule has 0 saturated heterocycles. The normalized spacial score (nSPS) is 15.3. The third kappa shape index (κ3) is 6.04. The minimum atomic E-state index is -2.69. The van der Waals surface area contributed by atoms with Crippen LogP contribution < -0.4 is 19.5 Å². The maximum atomic E-state index is 7.24. The van der Waals surface area contributed by atoms with E-state index in [1.54, 1.807) is 7.11 Å². The first kappa shape index (κ1) is 25.7. The summed E-state index contributed by atoms with van der Waals surface area (Å²) in [5, 5.41) is 5.46. The van der Waals surface area contributed by atoms with E-state index in [-0.39, 0.29) is 5.04 Å². The molecular weight excluding hydrogens is 464 g/mol. The van der Waals surface area contributed by atoms with Crippen LogP contribution in [0.4, 0.5) is 0 Å². The van der Waals surface area contributed by atoms with Gasteiger partial charge in [-0.25, -0.2) is 0 Å². The molecule has 35 heavy (non-hydrogen) atoms. The van der Waals surface area contributed by atoms with Gasteiger partial charge in [-0.1, -0.05) is 101 Å². The molecule has 0 unspecified atom stereocenters. The molecule has 2 nitrogen and oxygen atoms in total. The molecule has 0 N–H and O–H groups in total. The maximum absolute atomic E-state index is 7.24. The van der Waals surface area contributed by atoms with Gasteiger partial charge in [-0.15, -0.1) is 11.8 Å². The second-order valence-corrected chi connectivity index (χ2v) is 15.8. The monoisotopic (exact) mass is 502 g/mol. The van der Waals surface area contributed by atoms with Gasteiger partial charge in [0.25, 0.3) is 0 Å². The summed E-state index contributed by atoms with van der Waals surface area (Å²) in [6.07, 6.45) is 8.98. The lowest BCUT2D eigenvalue weighted by Gasteiger charge is -2.43. The number of rotatable bonds is 8. The Morgan fingerprint density at radius 3 is 1.91 bits per heavy atom. The largest absolute Gasteiger partial charge is 0.534 e. The van der Waals surface area contributed by atoms with Crippen LogP contribution in [0.15, 0.2) is 84.3 Å². The highest BCUT2D eigenvalue weighted by molar-refractivity contribution is 8.02. The van der Waals surface area contributed by atoms with Crippen LogP contribution in [0.3, 0.4) is 0 Å². The number of hydrogen-bond acceptors (Lipinski definition) is 3. The van der Waals surface area contributed by atoms with Crippen molar-refractivity contribution in [1.29, 1.82) is 0 Å². The third-order valence-electron chi connectivity index (χ3n) is 6.91. The van der Waals surface area contributed by atoms with Crippen molar-refractivity contribution in [2.75, 3.05) is 7.11 Å². The number of hydrogen-bond donors (Lipinski definition) is 0. The van der Waals surface area contributed by atoms with E-state index in [1.165, 1.54) is 42.5 Å². The smallest absolute Gasteiger partial charge is 0.319 e. The average Bonchev–Trinajstić information content (AvgIpc) is 2.88. The molecule has 4 rings (SSSR count). The Balaban J connectivity index is 1.73. The average molecular weight is 503 g/mol. The molecule has 1 aliphatic rings. The van der Waals surface area contributed by atoms with Crippen LogP contribution in [-0.2, 0) is 0 Å². The Morgan fingerprint density at radius 1 is 0.800 bits per heavy atom. The van der Waals surface area contributed by atoms with E-state index in [4.69, 9.17) is 9.16 Å². The summed E-state index contributed by atoms with van der Waals surface area (Å²) in [5.41, 5.74) is 1.11. The van der Waals surface area contributed by atoms with E-state index in [0.29, 0.717) is 0 Å². The molecule has 0 spiro atoms. The molecule has 3 aromatic rings. The number of benzene rings is 3. The summed E-state index contributed by atoms with van der Waals surface area (Å²) in [6, 6.07) is 27.9. The zero-order valence-electron chi connectivity index (χ0n) is 21.5. The van der Waals surface area contributed by atoms with Crippen molar-refractivity contribution in [3.05, 3.63) is 89.8 Å². The highest BCUT2D eigenvalue weighted by atomic mass is 32.2. The number of ether oxygens (including phenoxy) is 1. The summed E-state index contributed by atoms with van der Waals surface area (Å²) in [5.74, 6) is 1.68. The molecule has 1 saturated carbocycles. The first-order chi connectivity index (χ1) is 16.9. The second kappa shape index (κ2) is 11.5. The first-order valence-corrected chi connectivity index (χ1v) is 15.6. The summed E-state index contributed by atoms with van der Waals surface area (Å²) in [7, 11) is -0.963. The summed E-state index contributed by atoms with van der Waals surface area (Å²) in [6.45, 7) is 6.92. The predicted molar refractivity (Wildman–Crippen MR) is 155 cm³/mol. The van der Waals surface area contributed by atoms with E-state index in [9.17, 15) is 0 Å². The highest BCUT2D eigenvalue weighted by Crippen LogP contribution is 2.39. The van der Waals surface area contributed by atoms with Gasteiger partial charge in [0.15, 0.2) is 0 Å². The molecule has 0 atom stereocenters. The van der Waals surface area contributed by atoms with Crippen molar-refractivity contribution in [2.24, 2.45) is 0 Å². The van der Waals surface area contributed by atoms with Crippen LogP contribution in [0, 0.1) is 0 Å². The number of methoxy groups -OCH3 is 1. The van der Waals surface area contributed by atoms with E-state index < -0.39 is 8.32 Å². The topological polar surface area (TPSA) is 18.5 Å². The Bertz CT molecular complexity index is 1060. The van der Waals surface area contributed by atoms with E-state index in [2.05, 4.69) is 105 Å². The first-order valence-electron chi connectivity index (χ1n) is 12.7. The standard InChI is InChI=1S/C31H38O2SSi/c1-31(2,3)35(29-16-10-6-11-17-29,30-18-12-7-13-19-30)33-27-23-25(22-26(24-27)32-4)20-21-34-28-14-8-5-9-15-28/h6-7,10-13,16-24,28H,5,8-9,14-15H2,1-4H3/b21-20+. The maximum Gasteiger partial charge on any atom is 0.319 e. The lowest BCUT2D eigenvalue weighted by Crippen LogP contribution is -2.68. The van der Waals surface area contributed by atoms with Crippen molar-refractivity contribution in [3.63, 3.8) is 0 Å². The van der Waals surface area contributed by atoms with Crippen LogP contribution >= 0.6 is 11.8 Å². The Kier molecular flexibility index (Phi) is 8.45. The molecule has 0 bridgehead atoms. The van der Waals surface area contributed by atoms with Gasteiger partial charge >= 0.3 is 8.32 Å². The van der Waals surface area contributed by atoms with Crippen LogP contribution in [0.1, 0.15) is 58.4 Å². The molecule has 1 fully saturated rings. The lowest BCUT2D eigenvalue weighted by atomic mass is 10.0. The fourth-order valence-corrected chi connectivity index (χ4v) is 10.6. The van der Waals surface area contributed by atoms with Crippen molar-refractivity contribution in [1.82, 2.24) is 0 Å². The minimum Gasteiger partial charge on any atom is -0.534 e. The molecule has 0 radical (unpaired) electrons. The van der Waals surface area contributed by atoms with Gasteiger partial charge in [0, 0.05) is 11.3 Å². The molecular formula is C31H38O2SSi. The van der Waals surface area contributed by atoms with Crippen molar-refractivity contribution < 1.29 is 9.16 Å². The van der Waals surface area contributed by atoms with Crippen LogP contribution in [-0.4, -0.2) is 20.7 Å². The van der Waals surface area contributed by atoms with Crippen molar-refractivity contribution in [3.8, 4) is 11.5 Å². The molecule has 0 aliphatic heterocycles. The quantitative estimate of drug-likeness (QED) is 0.294. The zero-order chi connectivity index (χ0) is 24.7. The van der Waals surface area contributed by atoms with Crippen LogP contribution in [0.25, 0.3) is 6.08 Å². The fourth-order valence-electron chi connectivity index (χ4n) is 5.12. The summed E-state index contributed by atoms with van der Waals surface area (Å²) in [4.78, 5) is 0. The van der Waals surface area contributed by atoms with Crippen molar-refractivity contribution >= 4 is 36.5 Å². The number of thioether (sulfide) groups is 1. The Morgan fingerprint density at radius 2 is 1.37 bits per heavy atom. The predicted octanol–water partition coefficient (Wildman–Crippen LogP) is 7.67. The van der Waals surface area contributed by atoms with E-state index in [0.717, 1.165) is 22.3 Å². The van der Waals surface area contributed by atoms with Crippen LogP contribution in [0.2, 0.25) is 5.04 Å². The van der Waals surface area contributed by atoms with E-state index in [1.807, 2.05) is 17.8 Å².